The van der Waals surface area contributed by atoms with E-state index in [1.807, 2.05) is 7.05 Å². The number of hydrogen-bond acceptors (Lipinski definition) is 3. The fourth-order valence-corrected chi connectivity index (χ4v) is 2.12. The molecule has 1 atom stereocenters. The predicted octanol–water partition coefficient (Wildman–Crippen LogP) is 0.877. The van der Waals surface area contributed by atoms with Gasteiger partial charge in [0.05, 0.1) is 6.42 Å². The van der Waals surface area contributed by atoms with Crippen molar-refractivity contribution >= 4 is 5.97 Å². The third kappa shape index (κ3) is 4.62. The number of rotatable bonds is 4. The van der Waals surface area contributed by atoms with Crippen LogP contribution in [0.1, 0.15) is 25.7 Å². The van der Waals surface area contributed by atoms with Gasteiger partial charge in [0.15, 0.2) is 0 Å². The summed E-state index contributed by atoms with van der Waals surface area (Å²) in [5, 5.41) is 8.63. The highest BCUT2D eigenvalue weighted by Gasteiger charge is 2.19. The summed E-state index contributed by atoms with van der Waals surface area (Å²) in [7, 11) is 4.18. The average molecular weight is 214 g/mol. The van der Waals surface area contributed by atoms with Crippen molar-refractivity contribution in [3.05, 3.63) is 0 Å². The summed E-state index contributed by atoms with van der Waals surface area (Å²) in [5.74, 6) is -0.705. The molecule has 1 aliphatic heterocycles. The molecule has 0 aliphatic carbocycles. The SMILES string of the molecule is CN1CCCCC(N(C)CCC(=O)O)C1. The van der Waals surface area contributed by atoms with Gasteiger partial charge >= 0.3 is 5.97 Å². The van der Waals surface area contributed by atoms with E-state index in [9.17, 15) is 4.79 Å². The minimum absolute atomic E-state index is 0.247. The van der Waals surface area contributed by atoms with Crippen molar-refractivity contribution in [3.8, 4) is 0 Å². The fraction of sp³-hybridized carbons (Fsp3) is 0.909. The molecule has 1 saturated heterocycles. The van der Waals surface area contributed by atoms with Crippen LogP contribution in [0.2, 0.25) is 0 Å². The van der Waals surface area contributed by atoms with Gasteiger partial charge in [-0.1, -0.05) is 6.42 Å². The second-order valence-electron chi connectivity index (χ2n) is 4.54. The van der Waals surface area contributed by atoms with Gasteiger partial charge in [-0.2, -0.15) is 0 Å². The Morgan fingerprint density at radius 3 is 2.93 bits per heavy atom. The maximum Gasteiger partial charge on any atom is 0.304 e. The summed E-state index contributed by atoms with van der Waals surface area (Å²) in [6, 6.07) is 0.525. The lowest BCUT2D eigenvalue weighted by Gasteiger charge is -2.28. The zero-order chi connectivity index (χ0) is 11.3. The highest BCUT2D eigenvalue weighted by atomic mass is 16.4. The van der Waals surface area contributed by atoms with E-state index < -0.39 is 5.97 Å². The maximum atomic E-state index is 10.5. The quantitative estimate of drug-likeness (QED) is 0.754. The molecule has 1 N–H and O–H groups in total. The van der Waals surface area contributed by atoms with Crippen LogP contribution in [0, 0.1) is 0 Å². The molecule has 15 heavy (non-hydrogen) atoms. The molecule has 1 rings (SSSR count). The van der Waals surface area contributed by atoms with Gasteiger partial charge < -0.3 is 14.9 Å². The van der Waals surface area contributed by atoms with Gasteiger partial charge in [-0.25, -0.2) is 0 Å². The van der Waals surface area contributed by atoms with E-state index in [1.165, 1.54) is 25.8 Å². The predicted molar refractivity (Wildman–Crippen MR) is 60.0 cm³/mol. The second kappa shape index (κ2) is 6.08. The number of likely N-dealkylation sites (tertiary alicyclic amines) is 1. The first kappa shape index (κ1) is 12.5. The van der Waals surface area contributed by atoms with Crippen LogP contribution < -0.4 is 0 Å². The van der Waals surface area contributed by atoms with Crippen LogP contribution in [0.5, 0.6) is 0 Å². The minimum Gasteiger partial charge on any atom is -0.481 e. The molecular formula is C11H22N2O2. The summed E-state index contributed by atoms with van der Waals surface area (Å²) in [4.78, 5) is 15.0. The Labute approximate surface area is 91.9 Å². The molecule has 88 valence electrons. The molecule has 0 aromatic rings. The van der Waals surface area contributed by atoms with Gasteiger partial charge in [0.1, 0.15) is 0 Å². The number of carboxylic acid groups (broad SMARTS) is 1. The average Bonchev–Trinajstić information content (AvgIpc) is 2.39. The van der Waals surface area contributed by atoms with Crippen molar-refractivity contribution < 1.29 is 9.90 Å². The lowest BCUT2D eigenvalue weighted by atomic mass is 10.1. The first-order valence-corrected chi connectivity index (χ1v) is 5.70. The van der Waals surface area contributed by atoms with E-state index in [0.717, 1.165) is 6.54 Å². The molecule has 1 unspecified atom stereocenters. The fourth-order valence-electron chi connectivity index (χ4n) is 2.12. The number of carboxylic acids is 1. The van der Waals surface area contributed by atoms with Crippen LogP contribution in [-0.4, -0.2) is 60.6 Å². The van der Waals surface area contributed by atoms with Gasteiger partial charge in [-0.3, -0.25) is 4.79 Å². The number of carbonyl (C=O) groups is 1. The smallest absolute Gasteiger partial charge is 0.304 e. The van der Waals surface area contributed by atoms with E-state index in [2.05, 4.69) is 16.8 Å². The second-order valence-corrected chi connectivity index (χ2v) is 4.54. The Bertz CT molecular complexity index is 209. The molecule has 0 spiro atoms. The summed E-state index contributed by atoms with van der Waals surface area (Å²) < 4.78 is 0. The first-order valence-electron chi connectivity index (χ1n) is 5.70. The monoisotopic (exact) mass is 214 g/mol. The van der Waals surface area contributed by atoms with E-state index in [1.54, 1.807) is 0 Å². The highest BCUT2D eigenvalue weighted by Crippen LogP contribution is 2.13. The van der Waals surface area contributed by atoms with Crippen molar-refractivity contribution in [1.82, 2.24) is 9.80 Å². The Kier molecular flexibility index (Phi) is 5.05. The zero-order valence-electron chi connectivity index (χ0n) is 9.78. The summed E-state index contributed by atoms with van der Waals surface area (Å²) >= 11 is 0. The lowest BCUT2D eigenvalue weighted by molar-refractivity contribution is -0.137. The van der Waals surface area contributed by atoms with Crippen molar-refractivity contribution in [3.63, 3.8) is 0 Å². The van der Waals surface area contributed by atoms with Gasteiger partial charge in [0.25, 0.3) is 0 Å². The van der Waals surface area contributed by atoms with Gasteiger partial charge in [0, 0.05) is 19.1 Å². The van der Waals surface area contributed by atoms with Crippen LogP contribution >= 0.6 is 0 Å². The Morgan fingerprint density at radius 2 is 2.27 bits per heavy atom. The van der Waals surface area contributed by atoms with Crippen LogP contribution in [0.25, 0.3) is 0 Å². The zero-order valence-corrected chi connectivity index (χ0v) is 9.78. The summed E-state index contributed by atoms with van der Waals surface area (Å²) in [6.45, 7) is 2.90. The molecule has 0 aromatic heterocycles. The topological polar surface area (TPSA) is 43.8 Å². The van der Waals surface area contributed by atoms with Crippen molar-refractivity contribution in [2.24, 2.45) is 0 Å². The van der Waals surface area contributed by atoms with E-state index in [0.29, 0.717) is 12.6 Å². The van der Waals surface area contributed by atoms with Crippen LogP contribution in [0.15, 0.2) is 0 Å². The highest BCUT2D eigenvalue weighted by molar-refractivity contribution is 5.66. The molecule has 4 heteroatoms. The number of aliphatic carboxylic acids is 1. The van der Waals surface area contributed by atoms with Crippen LogP contribution in [0.3, 0.4) is 0 Å². The molecule has 1 fully saturated rings. The van der Waals surface area contributed by atoms with E-state index in [4.69, 9.17) is 5.11 Å². The molecule has 1 aliphatic rings. The molecule has 0 bridgehead atoms. The van der Waals surface area contributed by atoms with Gasteiger partial charge in [-0.05, 0) is 33.5 Å². The number of nitrogens with zero attached hydrogens (tertiary/aromatic N) is 2. The molecular weight excluding hydrogens is 192 g/mol. The Balaban J connectivity index is 2.35. The number of likely N-dealkylation sites (N-methyl/N-ethyl adjacent to an activating group) is 2. The first-order chi connectivity index (χ1) is 7.09. The van der Waals surface area contributed by atoms with Crippen LogP contribution in [0.4, 0.5) is 0 Å². The minimum atomic E-state index is -0.705. The normalized spacial score (nSPS) is 24.1. The summed E-state index contributed by atoms with van der Waals surface area (Å²) in [5.41, 5.74) is 0. The van der Waals surface area contributed by atoms with E-state index >= 15 is 0 Å². The maximum absolute atomic E-state index is 10.5. The third-order valence-corrected chi connectivity index (χ3v) is 3.15. The summed E-state index contributed by atoms with van der Waals surface area (Å²) in [6.07, 6.45) is 3.96. The van der Waals surface area contributed by atoms with E-state index in [-0.39, 0.29) is 6.42 Å². The Morgan fingerprint density at radius 1 is 1.53 bits per heavy atom. The molecule has 4 nitrogen and oxygen atoms in total. The van der Waals surface area contributed by atoms with Crippen LogP contribution in [-0.2, 0) is 4.79 Å². The van der Waals surface area contributed by atoms with Gasteiger partial charge in [-0.15, -0.1) is 0 Å². The van der Waals surface area contributed by atoms with Crippen molar-refractivity contribution in [2.75, 3.05) is 33.7 Å². The molecule has 0 amide bonds. The van der Waals surface area contributed by atoms with Crippen molar-refractivity contribution in [2.45, 2.75) is 31.7 Å². The number of hydrogen-bond donors (Lipinski definition) is 1. The Hall–Kier alpha value is -0.610. The third-order valence-electron chi connectivity index (χ3n) is 3.15. The molecule has 0 aromatic carbocycles. The molecule has 0 saturated carbocycles. The van der Waals surface area contributed by atoms with Crippen molar-refractivity contribution in [1.29, 1.82) is 0 Å². The molecule has 0 radical (unpaired) electrons. The largest absolute Gasteiger partial charge is 0.481 e. The molecule has 1 heterocycles. The standard InChI is InChI=1S/C11H22N2O2/c1-12-7-4-3-5-10(9-12)13(2)8-6-11(14)15/h10H,3-9H2,1-2H3,(H,14,15). The van der Waals surface area contributed by atoms with Gasteiger partial charge in [0.2, 0.25) is 0 Å². The lowest BCUT2D eigenvalue weighted by Crippen LogP contribution is -2.40.